The lowest BCUT2D eigenvalue weighted by molar-refractivity contribution is -0.120. The van der Waals surface area contributed by atoms with E-state index < -0.39 is 0 Å². The number of carbonyl (C=O) groups is 2. The zero-order valence-corrected chi connectivity index (χ0v) is 16.8. The van der Waals surface area contributed by atoms with Crippen LogP contribution in [0.15, 0.2) is 29.0 Å². The lowest BCUT2D eigenvalue weighted by Gasteiger charge is -2.07. The van der Waals surface area contributed by atoms with Crippen molar-refractivity contribution in [3.05, 3.63) is 51.5 Å². The highest BCUT2D eigenvalue weighted by atomic mass is 32.1. The first kappa shape index (κ1) is 19.0. The molecule has 9 heteroatoms. The summed E-state index contributed by atoms with van der Waals surface area (Å²) in [6.45, 7) is 4.07. The fourth-order valence-corrected chi connectivity index (χ4v) is 3.77. The Kier molecular flexibility index (Phi) is 5.82. The summed E-state index contributed by atoms with van der Waals surface area (Å²) in [5.74, 6) is -0.458. The lowest BCUT2D eigenvalue weighted by Crippen LogP contribution is -2.20. The number of hydrogen-bond acceptors (Lipinski definition) is 7. The van der Waals surface area contributed by atoms with Crippen molar-refractivity contribution in [1.29, 1.82) is 0 Å². The second-order valence-electron chi connectivity index (χ2n) is 5.93. The van der Waals surface area contributed by atoms with E-state index in [9.17, 15) is 9.59 Å². The molecule has 3 N–H and O–H groups in total. The summed E-state index contributed by atoms with van der Waals surface area (Å²) in [6.07, 6.45) is 0.184. The smallest absolute Gasteiger partial charge is 0.276 e. The zero-order valence-electron chi connectivity index (χ0n) is 15.1. The maximum atomic E-state index is 12.4. The third kappa shape index (κ3) is 4.89. The highest BCUT2D eigenvalue weighted by Crippen LogP contribution is 2.25. The van der Waals surface area contributed by atoms with E-state index in [2.05, 4.69) is 32.0 Å². The molecule has 3 aromatic rings. The number of carbonyl (C=O) groups excluding carboxylic acids is 2. The third-order valence-corrected chi connectivity index (χ3v) is 5.32. The molecule has 2 amide bonds. The van der Waals surface area contributed by atoms with Crippen molar-refractivity contribution in [3.8, 4) is 0 Å². The Morgan fingerprint density at radius 2 is 1.85 bits per heavy atom. The van der Waals surface area contributed by atoms with Crippen LogP contribution in [-0.2, 0) is 11.2 Å². The summed E-state index contributed by atoms with van der Waals surface area (Å²) in [7, 11) is 1.57. The molecule has 0 radical (unpaired) electrons. The first-order valence-electron chi connectivity index (χ1n) is 8.20. The molecule has 0 aliphatic carbocycles. The van der Waals surface area contributed by atoms with Gasteiger partial charge in [0, 0.05) is 23.5 Å². The topological polar surface area (TPSA) is 96.0 Å². The average molecular weight is 402 g/mol. The number of thiazole rings is 2. The number of anilines is 3. The molecule has 140 valence electrons. The van der Waals surface area contributed by atoms with Gasteiger partial charge < -0.3 is 10.6 Å². The van der Waals surface area contributed by atoms with Crippen LogP contribution >= 0.6 is 22.7 Å². The maximum absolute atomic E-state index is 12.4. The SMILES string of the molecule is CNC(=O)Cc1csc(NC(=O)c2csc(Nc3ccc(C)cc3C)n2)n1. The van der Waals surface area contributed by atoms with Crippen molar-refractivity contribution in [3.63, 3.8) is 0 Å². The summed E-state index contributed by atoms with van der Waals surface area (Å²) in [4.78, 5) is 32.3. The average Bonchev–Trinajstić information content (AvgIpc) is 3.27. The van der Waals surface area contributed by atoms with Crippen molar-refractivity contribution in [2.45, 2.75) is 20.3 Å². The highest BCUT2D eigenvalue weighted by Gasteiger charge is 2.14. The van der Waals surface area contributed by atoms with Gasteiger partial charge >= 0.3 is 0 Å². The Balaban J connectivity index is 1.64. The molecule has 0 fully saturated rings. The van der Waals surface area contributed by atoms with Gasteiger partial charge in [-0.2, -0.15) is 0 Å². The minimum atomic E-state index is -0.333. The second-order valence-corrected chi connectivity index (χ2v) is 7.65. The molecule has 1 aromatic carbocycles. The van der Waals surface area contributed by atoms with Crippen LogP contribution in [0.3, 0.4) is 0 Å². The molecule has 0 atom stereocenters. The summed E-state index contributed by atoms with van der Waals surface area (Å²) in [5.41, 5.74) is 4.19. The molecule has 0 aliphatic heterocycles. The fraction of sp³-hybridized carbons (Fsp3) is 0.222. The van der Waals surface area contributed by atoms with Gasteiger partial charge in [0.15, 0.2) is 10.3 Å². The first-order chi connectivity index (χ1) is 12.9. The van der Waals surface area contributed by atoms with Crippen LogP contribution < -0.4 is 16.0 Å². The summed E-state index contributed by atoms with van der Waals surface area (Å²) >= 11 is 2.63. The second kappa shape index (κ2) is 8.28. The van der Waals surface area contributed by atoms with E-state index in [1.807, 2.05) is 26.0 Å². The third-order valence-electron chi connectivity index (χ3n) is 3.75. The van der Waals surface area contributed by atoms with Gasteiger partial charge in [0.05, 0.1) is 12.1 Å². The van der Waals surface area contributed by atoms with Gasteiger partial charge in [-0.15, -0.1) is 22.7 Å². The lowest BCUT2D eigenvalue weighted by atomic mass is 10.1. The van der Waals surface area contributed by atoms with Gasteiger partial charge in [-0.25, -0.2) is 9.97 Å². The van der Waals surface area contributed by atoms with Gasteiger partial charge in [0.25, 0.3) is 5.91 Å². The van der Waals surface area contributed by atoms with Crippen LogP contribution in [0, 0.1) is 13.8 Å². The van der Waals surface area contributed by atoms with Gasteiger partial charge in [-0.05, 0) is 25.5 Å². The molecule has 0 spiro atoms. The van der Waals surface area contributed by atoms with E-state index in [0.29, 0.717) is 21.7 Å². The normalized spacial score (nSPS) is 10.5. The Morgan fingerprint density at radius 1 is 1.07 bits per heavy atom. The Morgan fingerprint density at radius 3 is 2.59 bits per heavy atom. The van der Waals surface area contributed by atoms with Gasteiger partial charge in [0.1, 0.15) is 5.69 Å². The Bertz CT molecular complexity index is 980. The van der Waals surface area contributed by atoms with Gasteiger partial charge in [-0.3, -0.25) is 14.9 Å². The zero-order chi connectivity index (χ0) is 19.4. The van der Waals surface area contributed by atoms with Crippen molar-refractivity contribution < 1.29 is 9.59 Å². The number of aromatic nitrogens is 2. The molecule has 27 heavy (non-hydrogen) atoms. The highest BCUT2D eigenvalue weighted by molar-refractivity contribution is 7.14. The summed E-state index contributed by atoms with van der Waals surface area (Å²) in [6, 6.07) is 6.10. The molecule has 0 saturated carbocycles. The molecular weight excluding hydrogens is 382 g/mol. The minimum Gasteiger partial charge on any atom is -0.359 e. The van der Waals surface area contributed by atoms with E-state index >= 15 is 0 Å². The first-order valence-corrected chi connectivity index (χ1v) is 9.96. The molecule has 7 nitrogen and oxygen atoms in total. The molecule has 0 bridgehead atoms. The Hall–Kier alpha value is -2.78. The van der Waals surface area contributed by atoms with Crippen molar-refractivity contribution in [2.75, 3.05) is 17.7 Å². The predicted octanol–water partition coefficient (Wildman–Crippen LogP) is 3.50. The molecule has 0 saturated heterocycles. The van der Waals surface area contributed by atoms with Crippen LogP contribution in [0.25, 0.3) is 0 Å². The van der Waals surface area contributed by atoms with Crippen molar-refractivity contribution in [1.82, 2.24) is 15.3 Å². The number of rotatable bonds is 6. The molecule has 2 heterocycles. The number of aryl methyl sites for hydroxylation is 2. The maximum Gasteiger partial charge on any atom is 0.276 e. The van der Waals surface area contributed by atoms with Crippen LogP contribution in [-0.4, -0.2) is 28.8 Å². The van der Waals surface area contributed by atoms with Crippen molar-refractivity contribution in [2.24, 2.45) is 0 Å². The van der Waals surface area contributed by atoms with E-state index in [4.69, 9.17) is 0 Å². The molecule has 0 unspecified atom stereocenters. The van der Waals surface area contributed by atoms with Crippen LogP contribution in [0.5, 0.6) is 0 Å². The number of benzene rings is 1. The van der Waals surface area contributed by atoms with E-state index in [0.717, 1.165) is 11.3 Å². The number of amides is 2. The number of nitrogens with zero attached hydrogens (tertiary/aromatic N) is 2. The minimum absolute atomic E-state index is 0.125. The van der Waals surface area contributed by atoms with Gasteiger partial charge in [-0.1, -0.05) is 17.7 Å². The standard InChI is InChI=1S/C18H19N5O2S2/c1-10-4-5-13(11(2)6-10)21-18-22-14(9-27-18)16(25)23-17-20-12(8-26-17)7-15(24)19-3/h4-6,8-9H,7H2,1-3H3,(H,19,24)(H,21,22)(H,20,23,25). The van der Waals surface area contributed by atoms with E-state index in [1.165, 1.54) is 28.2 Å². The van der Waals surface area contributed by atoms with E-state index in [-0.39, 0.29) is 18.2 Å². The fourth-order valence-electron chi connectivity index (χ4n) is 2.36. The summed E-state index contributed by atoms with van der Waals surface area (Å²) < 4.78 is 0. The van der Waals surface area contributed by atoms with E-state index in [1.54, 1.807) is 17.8 Å². The van der Waals surface area contributed by atoms with Crippen molar-refractivity contribution >= 4 is 50.4 Å². The van der Waals surface area contributed by atoms with Crippen LogP contribution in [0.4, 0.5) is 16.0 Å². The van der Waals surface area contributed by atoms with Crippen LogP contribution in [0.1, 0.15) is 27.3 Å². The largest absolute Gasteiger partial charge is 0.359 e. The van der Waals surface area contributed by atoms with Gasteiger partial charge in [0.2, 0.25) is 5.91 Å². The predicted molar refractivity (Wildman–Crippen MR) is 109 cm³/mol. The summed E-state index contributed by atoms with van der Waals surface area (Å²) in [5, 5.41) is 13.0. The molecule has 2 aromatic heterocycles. The Labute approximate surface area is 164 Å². The molecule has 0 aliphatic rings. The monoisotopic (exact) mass is 401 g/mol. The number of likely N-dealkylation sites (N-methyl/N-ethyl adjacent to an activating group) is 1. The van der Waals surface area contributed by atoms with Crippen LogP contribution in [0.2, 0.25) is 0 Å². The quantitative estimate of drug-likeness (QED) is 0.587. The molecule has 3 rings (SSSR count). The number of nitrogens with one attached hydrogen (secondary N) is 3. The molecular formula is C18H19N5O2S2. The number of hydrogen-bond donors (Lipinski definition) is 3.